The van der Waals surface area contributed by atoms with Crippen molar-refractivity contribution in [3.05, 3.63) is 17.8 Å². The molecule has 1 rings (SSSR count). The quantitative estimate of drug-likeness (QED) is 0.584. The lowest BCUT2D eigenvalue weighted by Crippen LogP contribution is -2.11. The van der Waals surface area contributed by atoms with Crippen LogP contribution < -0.4 is 5.59 Å². The normalized spacial score (nSPS) is 9.62. The molecule has 0 amide bonds. The molecule has 0 aliphatic carbocycles. The molecule has 0 N–H and O–H groups in total. The third-order valence-electron chi connectivity index (χ3n) is 1.41. The first-order valence-electron chi connectivity index (χ1n) is 3.62. The van der Waals surface area contributed by atoms with Gasteiger partial charge in [-0.3, -0.25) is 4.79 Å². The maximum Gasteiger partial charge on any atom is 0.315 e. The summed E-state index contributed by atoms with van der Waals surface area (Å²) in [5.41, 5.74) is 1.11. The molecule has 0 unspecified atom stereocenters. The number of nitrogens with zero attached hydrogens (tertiary/aromatic N) is 2. The lowest BCUT2D eigenvalue weighted by Gasteiger charge is -1.97. The second kappa shape index (κ2) is 5.16. The minimum atomic E-state index is -0.265. The first kappa shape index (κ1) is 10.4. The molecule has 0 atom stereocenters. The minimum Gasteiger partial charge on any atom is -0.394 e. The second-order valence-electron chi connectivity index (χ2n) is 2.40. The molecular formula is C7H6BIN2O2. The predicted octanol–water partition coefficient (Wildman–Crippen LogP) is 0.0962. The molecule has 2 radical (unpaired) electrons. The number of carbonyl (C=O) groups is 1. The number of hydrogen-bond acceptors (Lipinski definition) is 4. The van der Waals surface area contributed by atoms with Gasteiger partial charge in [-0.1, -0.05) is 0 Å². The van der Waals surface area contributed by atoms with Crippen molar-refractivity contribution in [3.8, 4) is 0 Å². The summed E-state index contributed by atoms with van der Waals surface area (Å²) in [4.78, 5) is 10.7. The molecule has 0 bridgehead atoms. The van der Waals surface area contributed by atoms with Gasteiger partial charge in [0, 0.05) is 12.0 Å². The molecule has 6 heteroatoms. The van der Waals surface area contributed by atoms with E-state index >= 15 is 0 Å². The van der Waals surface area contributed by atoms with Gasteiger partial charge in [0.1, 0.15) is 7.85 Å². The van der Waals surface area contributed by atoms with E-state index in [9.17, 15) is 4.79 Å². The van der Waals surface area contributed by atoms with Gasteiger partial charge in [0.05, 0.1) is 12.1 Å². The number of aromatic nitrogens is 2. The largest absolute Gasteiger partial charge is 0.394 e. The van der Waals surface area contributed by atoms with E-state index in [2.05, 4.69) is 13.3 Å². The van der Waals surface area contributed by atoms with Gasteiger partial charge in [-0.15, -0.1) is 0 Å². The molecule has 0 fully saturated rings. The van der Waals surface area contributed by atoms with Gasteiger partial charge in [-0.2, -0.15) is 10.2 Å². The van der Waals surface area contributed by atoms with Crippen LogP contribution in [0, 0.1) is 0 Å². The van der Waals surface area contributed by atoms with E-state index in [0.717, 1.165) is 5.69 Å². The summed E-state index contributed by atoms with van der Waals surface area (Å²) in [6.07, 6.45) is 0.830. The van der Waals surface area contributed by atoms with Crippen LogP contribution >= 0.6 is 23.0 Å². The topological polar surface area (TPSA) is 52.1 Å². The third kappa shape index (κ3) is 3.71. The van der Waals surface area contributed by atoms with Crippen molar-refractivity contribution < 1.29 is 7.86 Å². The van der Waals surface area contributed by atoms with E-state index in [1.54, 1.807) is 35.1 Å². The van der Waals surface area contributed by atoms with Crippen molar-refractivity contribution in [3.63, 3.8) is 0 Å². The SMILES string of the molecule is [B]c1ccc(CCC(=O)OI)nn1. The zero-order chi connectivity index (χ0) is 9.68. The van der Waals surface area contributed by atoms with Crippen LogP contribution in [0.25, 0.3) is 0 Å². The van der Waals surface area contributed by atoms with Gasteiger partial charge in [-0.05, 0) is 12.1 Å². The van der Waals surface area contributed by atoms with E-state index in [0.29, 0.717) is 18.4 Å². The van der Waals surface area contributed by atoms with Crippen molar-refractivity contribution in [2.75, 3.05) is 0 Å². The summed E-state index contributed by atoms with van der Waals surface area (Å²) < 4.78 is 4.45. The minimum absolute atomic E-state index is 0.265. The van der Waals surface area contributed by atoms with E-state index in [4.69, 9.17) is 7.85 Å². The van der Waals surface area contributed by atoms with Gasteiger partial charge >= 0.3 is 5.97 Å². The Morgan fingerprint density at radius 3 is 2.85 bits per heavy atom. The Morgan fingerprint density at radius 2 is 2.31 bits per heavy atom. The molecule has 1 aromatic rings. The van der Waals surface area contributed by atoms with Crippen LogP contribution in [-0.4, -0.2) is 24.0 Å². The molecule has 13 heavy (non-hydrogen) atoms. The number of rotatable bonds is 3. The number of hydrogen-bond donors (Lipinski definition) is 0. The molecule has 0 saturated heterocycles. The highest BCUT2D eigenvalue weighted by Crippen LogP contribution is 1.99. The van der Waals surface area contributed by atoms with Gasteiger partial charge in [0.25, 0.3) is 0 Å². The highest BCUT2D eigenvalue weighted by Gasteiger charge is 2.02. The lowest BCUT2D eigenvalue weighted by molar-refractivity contribution is -0.131. The Kier molecular flexibility index (Phi) is 4.14. The molecule has 0 aliphatic heterocycles. The van der Waals surface area contributed by atoms with Crippen LogP contribution in [0.3, 0.4) is 0 Å². The zero-order valence-corrected chi connectivity index (χ0v) is 8.89. The van der Waals surface area contributed by atoms with Crippen molar-refractivity contribution >= 4 is 42.4 Å². The van der Waals surface area contributed by atoms with Crippen molar-refractivity contribution in [1.82, 2.24) is 10.2 Å². The molecule has 0 aromatic carbocycles. The smallest absolute Gasteiger partial charge is 0.315 e. The van der Waals surface area contributed by atoms with Crippen LogP contribution in [0.15, 0.2) is 12.1 Å². The Bertz CT molecular complexity index is 291. The predicted molar refractivity (Wildman–Crippen MR) is 55.9 cm³/mol. The van der Waals surface area contributed by atoms with Gasteiger partial charge in [-0.25, -0.2) is 0 Å². The van der Waals surface area contributed by atoms with Crippen LogP contribution in [-0.2, 0) is 14.3 Å². The fraction of sp³-hybridized carbons (Fsp3) is 0.286. The molecular weight excluding hydrogens is 282 g/mol. The van der Waals surface area contributed by atoms with Crippen LogP contribution in [0.2, 0.25) is 0 Å². The number of halogens is 1. The molecule has 4 nitrogen and oxygen atoms in total. The van der Waals surface area contributed by atoms with Gasteiger partial charge in [0.2, 0.25) is 0 Å². The van der Waals surface area contributed by atoms with Crippen LogP contribution in [0.5, 0.6) is 0 Å². The summed E-state index contributed by atoms with van der Waals surface area (Å²) in [5.74, 6) is -0.265. The van der Waals surface area contributed by atoms with Crippen molar-refractivity contribution in [2.45, 2.75) is 12.8 Å². The average molecular weight is 288 g/mol. The summed E-state index contributed by atoms with van der Waals surface area (Å²) >= 11 is 1.56. The first-order chi connectivity index (χ1) is 6.22. The summed E-state index contributed by atoms with van der Waals surface area (Å²) in [6, 6.07) is 3.39. The van der Waals surface area contributed by atoms with E-state index < -0.39 is 0 Å². The molecule has 1 aromatic heterocycles. The average Bonchev–Trinajstić information content (AvgIpc) is 2.16. The zero-order valence-electron chi connectivity index (χ0n) is 6.74. The van der Waals surface area contributed by atoms with Crippen LogP contribution in [0.4, 0.5) is 0 Å². The molecule has 1 heterocycles. The molecule has 0 spiro atoms. The van der Waals surface area contributed by atoms with Crippen LogP contribution in [0.1, 0.15) is 12.1 Å². The molecule has 0 saturated carbocycles. The fourth-order valence-electron chi connectivity index (χ4n) is 0.772. The Balaban J connectivity index is 2.46. The second-order valence-corrected chi connectivity index (χ2v) is 2.84. The Morgan fingerprint density at radius 1 is 1.54 bits per heavy atom. The number of aryl methyl sites for hydroxylation is 1. The van der Waals surface area contributed by atoms with Gasteiger partial charge in [0.15, 0.2) is 23.0 Å². The van der Waals surface area contributed by atoms with Gasteiger partial charge < -0.3 is 3.07 Å². The Labute approximate surface area is 91.2 Å². The lowest BCUT2D eigenvalue weighted by atomic mass is 10.0. The third-order valence-corrected chi connectivity index (χ3v) is 1.90. The highest BCUT2D eigenvalue weighted by molar-refractivity contribution is 14.1. The summed E-state index contributed by atoms with van der Waals surface area (Å²) in [6.45, 7) is 0. The molecule has 66 valence electrons. The van der Waals surface area contributed by atoms with Crippen molar-refractivity contribution in [1.29, 1.82) is 0 Å². The summed E-state index contributed by atoms with van der Waals surface area (Å²) in [5, 5.41) is 7.46. The number of carbonyl (C=O) groups excluding carboxylic acids is 1. The maximum atomic E-state index is 10.7. The fourth-order valence-corrected chi connectivity index (χ4v) is 0.992. The summed E-state index contributed by atoms with van der Waals surface area (Å²) in [7, 11) is 5.34. The van der Waals surface area contributed by atoms with E-state index in [1.807, 2.05) is 0 Å². The van der Waals surface area contributed by atoms with E-state index in [1.165, 1.54) is 0 Å². The Hall–Kier alpha value is -0.655. The first-order valence-corrected chi connectivity index (χ1v) is 4.50. The molecule has 0 aliphatic rings. The standard InChI is InChI=1S/C7H6BIN2O2/c8-6-3-1-5(10-11-6)2-4-7(12)13-9/h1,3H,2,4H2. The monoisotopic (exact) mass is 288 g/mol. The highest BCUT2D eigenvalue weighted by atomic mass is 127. The van der Waals surface area contributed by atoms with E-state index in [-0.39, 0.29) is 5.97 Å². The maximum absolute atomic E-state index is 10.7. The van der Waals surface area contributed by atoms with Crippen molar-refractivity contribution in [2.24, 2.45) is 0 Å².